The van der Waals surface area contributed by atoms with Gasteiger partial charge in [-0.2, -0.15) is 4.79 Å². The Labute approximate surface area is 155 Å². The average Bonchev–Trinajstić information content (AvgIpc) is 3.15. The summed E-state index contributed by atoms with van der Waals surface area (Å²) in [6.45, 7) is 1.74. The van der Waals surface area contributed by atoms with Crippen LogP contribution in [-0.4, -0.2) is 32.8 Å². The molecular weight excluding hydrogens is 352 g/mol. The van der Waals surface area contributed by atoms with Crippen LogP contribution in [0.3, 0.4) is 0 Å². The van der Waals surface area contributed by atoms with Gasteiger partial charge in [0.25, 0.3) is 0 Å². The molecular formula is C19H15ClN4O2. The number of aromatic nitrogens is 3. The Hall–Kier alpha value is -2.99. The van der Waals surface area contributed by atoms with Gasteiger partial charge in [0, 0.05) is 16.1 Å². The van der Waals surface area contributed by atoms with Gasteiger partial charge in [-0.25, -0.2) is 5.01 Å². The number of benzene rings is 2. The van der Waals surface area contributed by atoms with Crippen molar-refractivity contribution < 1.29 is 9.59 Å². The quantitative estimate of drug-likeness (QED) is 0.526. The number of amides is 1. The van der Waals surface area contributed by atoms with E-state index < -0.39 is 12.0 Å². The minimum absolute atomic E-state index is 0.148. The molecule has 1 aliphatic rings. The lowest BCUT2D eigenvalue weighted by atomic mass is 9.85. The van der Waals surface area contributed by atoms with Crippen molar-refractivity contribution in [2.75, 3.05) is 5.01 Å². The summed E-state index contributed by atoms with van der Waals surface area (Å²) in [7, 11) is 0. The molecule has 1 aromatic heterocycles. The van der Waals surface area contributed by atoms with Crippen LogP contribution in [0, 0.1) is 5.92 Å². The van der Waals surface area contributed by atoms with Crippen molar-refractivity contribution in [1.29, 1.82) is 0 Å². The lowest BCUT2D eigenvalue weighted by Gasteiger charge is -2.43. The van der Waals surface area contributed by atoms with Crippen LogP contribution in [0.15, 0.2) is 60.8 Å². The van der Waals surface area contributed by atoms with Gasteiger partial charge in [0.2, 0.25) is 5.91 Å². The number of hydrogen-bond donors (Lipinski definition) is 0. The molecule has 0 bridgehead atoms. The molecule has 4 rings (SSSR count). The summed E-state index contributed by atoms with van der Waals surface area (Å²) in [5, 5.41) is 10.1. The van der Waals surface area contributed by atoms with Crippen LogP contribution in [0.2, 0.25) is 5.02 Å². The van der Waals surface area contributed by atoms with E-state index in [1.165, 1.54) is 9.80 Å². The highest BCUT2D eigenvalue weighted by Gasteiger charge is 2.50. The standard InChI is InChI=1S/C19H15ClN4O2/c1-12-17(18(25)14-7-9-15(20)10-8-14)24(19(12)26)23-11-16(21-22-23)13-5-3-2-4-6-13/h2-12,17H,1H3/t12-,17+/m1/s1. The van der Waals surface area contributed by atoms with Crippen molar-refractivity contribution in [2.24, 2.45) is 5.92 Å². The molecule has 0 radical (unpaired) electrons. The van der Waals surface area contributed by atoms with Gasteiger partial charge >= 0.3 is 0 Å². The Morgan fingerprint density at radius 1 is 1.08 bits per heavy atom. The van der Waals surface area contributed by atoms with Crippen LogP contribution < -0.4 is 5.01 Å². The summed E-state index contributed by atoms with van der Waals surface area (Å²) < 4.78 is 0. The van der Waals surface area contributed by atoms with Crippen LogP contribution in [0.1, 0.15) is 17.3 Å². The maximum atomic E-state index is 12.9. The first kappa shape index (κ1) is 16.5. The van der Waals surface area contributed by atoms with Crippen LogP contribution >= 0.6 is 11.6 Å². The second-order valence-corrected chi connectivity index (χ2v) is 6.61. The molecule has 2 heterocycles. The first-order chi connectivity index (χ1) is 12.6. The van der Waals surface area contributed by atoms with E-state index in [4.69, 9.17) is 11.6 Å². The topological polar surface area (TPSA) is 68.1 Å². The largest absolute Gasteiger partial charge is 0.292 e. The van der Waals surface area contributed by atoms with Crippen LogP contribution in [-0.2, 0) is 4.79 Å². The van der Waals surface area contributed by atoms with Crippen LogP contribution in [0.4, 0.5) is 0 Å². The van der Waals surface area contributed by atoms with E-state index in [2.05, 4.69) is 10.3 Å². The normalized spacial score (nSPS) is 19.3. The van der Waals surface area contributed by atoms with Gasteiger partial charge in [-0.15, -0.1) is 5.10 Å². The number of rotatable bonds is 4. The third-order valence-corrected chi connectivity index (χ3v) is 4.77. The number of carbonyl (C=O) groups excluding carboxylic acids is 2. The van der Waals surface area contributed by atoms with E-state index in [-0.39, 0.29) is 11.7 Å². The molecule has 2 atom stereocenters. The fourth-order valence-electron chi connectivity index (χ4n) is 3.06. The molecule has 1 aliphatic heterocycles. The Morgan fingerprint density at radius 3 is 2.46 bits per heavy atom. The number of halogens is 1. The third-order valence-electron chi connectivity index (χ3n) is 4.52. The summed E-state index contributed by atoms with van der Waals surface area (Å²) in [6, 6.07) is 15.6. The number of nitrogens with zero attached hydrogens (tertiary/aromatic N) is 4. The van der Waals surface area contributed by atoms with E-state index in [1.807, 2.05) is 30.3 Å². The van der Waals surface area contributed by atoms with Gasteiger partial charge in [-0.1, -0.05) is 48.9 Å². The van der Waals surface area contributed by atoms with E-state index in [0.29, 0.717) is 16.3 Å². The summed E-state index contributed by atoms with van der Waals surface area (Å²) in [5.74, 6) is -0.727. The minimum atomic E-state index is -0.617. The lowest BCUT2D eigenvalue weighted by molar-refractivity contribution is -0.131. The first-order valence-corrected chi connectivity index (χ1v) is 8.55. The van der Waals surface area contributed by atoms with E-state index in [0.717, 1.165) is 5.56 Å². The van der Waals surface area contributed by atoms with Crippen molar-refractivity contribution in [3.8, 4) is 11.3 Å². The second-order valence-electron chi connectivity index (χ2n) is 6.18. The van der Waals surface area contributed by atoms with Crippen LogP contribution in [0.5, 0.6) is 0 Å². The number of carbonyl (C=O) groups is 2. The smallest absolute Gasteiger partial charge is 0.248 e. The predicted octanol–water partition coefficient (Wildman–Crippen LogP) is 2.96. The summed E-state index contributed by atoms with van der Waals surface area (Å²) in [5.41, 5.74) is 2.03. The van der Waals surface area contributed by atoms with Crippen molar-refractivity contribution >= 4 is 23.3 Å². The molecule has 0 unspecified atom stereocenters. The molecule has 6 nitrogen and oxygen atoms in total. The molecule has 1 saturated heterocycles. The molecule has 0 saturated carbocycles. The highest BCUT2D eigenvalue weighted by molar-refractivity contribution is 6.30. The Kier molecular flexibility index (Phi) is 4.05. The molecule has 0 spiro atoms. The zero-order chi connectivity index (χ0) is 18.3. The Balaban J connectivity index is 1.63. The fourth-order valence-corrected chi connectivity index (χ4v) is 3.19. The predicted molar refractivity (Wildman–Crippen MR) is 97.4 cm³/mol. The molecule has 7 heteroatoms. The van der Waals surface area contributed by atoms with Gasteiger partial charge in [0.1, 0.15) is 11.7 Å². The zero-order valence-electron chi connectivity index (χ0n) is 13.9. The number of β-lactam (4-membered cyclic amide) rings is 1. The van der Waals surface area contributed by atoms with E-state index >= 15 is 0 Å². The van der Waals surface area contributed by atoms with E-state index in [9.17, 15) is 9.59 Å². The first-order valence-electron chi connectivity index (χ1n) is 8.17. The van der Waals surface area contributed by atoms with E-state index in [1.54, 1.807) is 37.4 Å². The Morgan fingerprint density at radius 2 is 1.77 bits per heavy atom. The van der Waals surface area contributed by atoms with Crippen molar-refractivity contribution in [3.63, 3.8) is 0 Å². The Bertz CT molecular complexity index is 969. The van der Waals surface area contributed by atoms with Gasteiger partial charge in [-0.3, -0.25) is 9.59 Å². The van der Waals surface area contributed by atoms with Crippen molar-refractivity contribution in [3.05, 3.63) is 71.4 Å². The molecule has 3 aromatic rings. The van der Waals surface area contributed by atoms with Crippen LogP contribution in [0.25, 0.3) is 11.3 Å². The second kappa shape index (κ2) is 6.38. The molecule has 2 aromatic carbocycles. The summed E-state index contributed by atoms with van der Waals surface area (Å²) in [4.78, 5) is 26.6. The number of Topliss-reactive ketones (excluding diaryl/α,β-unsaturated/α-hetero) is 1. The third kappa shape index (κ3) is 2.68. The lowest BCUT2D eigenvalue weighted by Crippen LogP contribution is -2.68. The molecule has 0 aliphatic carbocycles. The molecule has 0 N–H and O–H groups in total. The molecule has 26 heavy (non-hydrogen) atoms. The molecule has 1 amide bonds. The average molecular weight is 367 g/mol. The number of ketones is 1. The maximum Gasteiger partial charge on any atom is 0.248 e. The maximum absolute atomic E-state index is 12.9. The monoisotopic (exact) mass is 366 g/mol. The van der Waals surface area contributed by atoms with Gasteiger partial charge in [0.05, 0.1) is 12.1 Å². The molecule has 130 valence electrons. The highest BCUT2D eigenvalue weighted by Crippen LogP contribution is 2.28. The highest BCUT2D eigenvalue weighted by atomic mass is 35.5. The summed E-state index contributed by atoms with van der Waals surface area (Å²) in [6.07, 6.45) is 1.65. The SMILES string of the molecule is C[C@H]1C(=O)N(n2cc(-c3ccccc3)nn2)[C@@H]1C(=O)c1ccc(Cl)cc1. The van der Waals surface area contributed by atoms with Crippen molar-refractivity contribution in [2.45, 2.75) is 13.0 Å². The molecule has 1 fully saturated rings. The minimum Gasteiger partial charge on any atom is -0.292 e. The zero-order valence-corrected chi connectivity index (χ0v) is 14.7. The number of hydrogen-bond acceptors (Lipinski definition) is 4. The van der Waals surface area contributed by atoms with Gasteiger partial charge in [-0.05, 0) is 29.5 Å². The summed E-state index contributed by atoms with van der Waals surface area (Å²) >= 11 is 5.88. The van der Waals surface area contributed by atoms with Gasteiger partial charge < -0.3 is 0 Å². The van der Waals surface area contributed by atoms with Gasteiger partial charge in [0.15, 0.2) is 5.78 Å². The van der Waals surface area contributed by atoms with Crippen molar-refractivity contribution in [1.82, 2.24) is 15.1 Å². The fraction of sp³-hybridized carbons (Fsp3) is 0.158.